The highest BCUT2D eigenvalue weighted by Gasteiger charge is 2.24. The Bertz CT molecular complexity index is 224. The lowest BCUT2D eigenvalue weighted by molar-refractivity contribution is 0.254. The molecule has 100 valence electrons. The second-order valence-electron chi connectivity index (χ2n) is 6.14. The summed E-state index contributed by atoms with van der Waals surface area (Å²) in [6, 6.07) is 0.799. The number of thioether (sulfide) groups is 1. The lowest BCUT2D eigenvalue weighted by atomic mass is 10.0. The Labute approximate surface area is 111 Å². The van der Waals surface area contributed by atoms with Crippen LogP contribution >= 0.6 is 11.8 Å². The summed E-state index contributed by atoms with van der Waals surface area (Å²) in [6.07, 6.45) is 6.90. The summed E-state index contributed by atoms with van der Waals surface area (Å²) < 4.78 is 0.498. The predicted octanol–water partition coefficient (Wildman–Crippen LogP) is 2.74. The summed E-state index contributed by atoms with van der Waals surface area (Å²) in [7, 11) is 0. The van der Waals surface area contributed by atoms with Crippen molar-refractivity contribution in [1.82, 2.24) is 10.2 Å². The molecule has 3 heteroatoms. The molecule has 2 nitrogen and oxygen atoms in total. The van der Waals surface area contributed by atoms with Gasteiger partial charge in [-0.05, 0) is 45.3 Å². The van der Waals surface area contributed by atoms with Gasteiger partial charge >= 0.3 is 0 Å². The van der Waals surface area contributed by atoms with E-state index in [4.69, 9.17) is 0 Å². The van der Waals surface area contributed by atoms with Gasteiger partial charge in [0.05, 0.1) is 0 Å². The average molecular weight is 256 g/mol. The van der Waals surface area contributed by atoms with Crippen molar-refractivity contribution in [3.05, 3.63) is 0 Å². The molecule has 2 rings (SSSR count). The van der Waals surface area contributed by atoms with Crippen LogP contribution in [-0.4, -0.2) is 47.6 Å². The van der Waals surface area contributed by atoms with Gasteiger partial charge in [0.1, 0.15) is 0 Å². The molecule has 0 saturated carbocycles. The van der Waals surface area contributed by atoms with E-state index in [1.165, 1.54) is 64.0 Å². The molecule has 0 aromatic heterocycles. The van der Waals surface area contributed by atoms with E-state index in [0.29, 0.717) is 4.75 Å². The Kier molecular flexibility index (Phi) is 5.19. The zero-order chi connectivity index (χ0) is 12.1. The summed E-state index contributed by atoms with van der Waals surface area (Å²) in [6.45, 7) is 9.92. The van der Waals surface area contributed by atoms with Crippen LogP contribution in [-0.2, 0) is 0 Å². The van der Waals surface area contributed by atoms with Gasteiger partial charge in [-0.25, -0.2) is 0 Å². The van der Waals surface area contributed by atoms with E-state index in [0.717, 1.165) is 6.04 Å². The number of nitrogens with zero attached hydrogens (tertiary/aromatic N) is 1. The van der Waals surface area contributed by atoms with Crippen LogP contribution in [0.25, 0.3) is 0 Å². The molecule has 2 aliphatic heterocycles. The van der Waals surface area contributed by atoms with E-state index >= 15 is 0 Å². The maximum atomic E-state index is 3.66. The summed E-state index contributed by atoms with van der Waals surface area (Å²) in [5.74, 6) is 1.31. The van der Waals surface area contributed by atoms with Gasteiger partial charge < -0.3 is 10.2 Å². The fraction of sp³-hybridized carbons (Fsp3) is 1.00. The van der Waals surface area contributed by atoms with E-state index in [9.17, 15) is 0 Å². The molecule has 1 atom stereocenters. The van der Waals surface area contributed by atoms with Crippen molar-refractivity contribution < 1.29 is 0 Å². The lowest BCUT2D eigenvalue weighted by Gasteiger charge is -2.27. The second kappa shape index (κ2) is 6.44. The number of hydrogen-bond acceptors (Lipinski definition) is 3. The molecule has 2 saturated heterocycles. The summed E-state index contributed by atoms with van der Waals surface area (Å²) in [4.78, 5) is 2.68. The van der Waals surface area contributed by atoms with E-state index in [1.54, 1.807) is 0 Å². The van der Waals surface area contributed by atoms with E-state index in [-0.39, 0.29) is 0 Å². The van der Waals surface area contributed by atoms with Crippen molar-refractivity contribution >= 4 is 11.8 Å². The fourth-order valence-electron chi connectivity index (χ4n) is 2.79. The van der Waals surface area contributed by atoms with Crippen molar-refractivity contribution in [1.29, 1.82) is 0 Å². The van der Waals surface area contributed by atoms with Gasteiger partial charge in [0, 0.05) is 23.1 Å². The van der Waals surface area contributed by atoms with Gasteiger partial charge in [-0.1, -0.05) is 20.3 Å². The molecule has 2 heterocycles. The minimum atomic E-state index is 0.498. The van der Waals surface area contributed by atoms with E-state index in [1.807, 2.05) is 0 Å². The highest BCUT2D eigenvalue weighted by molar-refractivity contribution is 8.00. The molecule has 1 N–H and O–H groups in total. The Morgan fingerprint density at radius 3 is 2.94 bits per heavy atom. The zero-order valence-corrected chi connectivity index (χ0v) is 12.3. The normalized spacial score (nSPS) is 31.1. The summed E-state index contributed by atoms with van der Waals surface area (Å²) in [5, 5.41) is 3.66. The van der Waals surface area contributed by atoms with Crippen LogP contribution in [0.3, 0.4) is 0 Å². The molecule has 2 aliphatic rings. The lowest BCUT2D eigenvalue weighted by Crippen LogP contribution is -2.38. The van der Waals surface area contributed by atoms with Crippen molar-refractivity contribution in [3.63, 3.8) is 0 Å². The highest BCUT2D eigenvalue weighted by Crippen LogP contribution is 2.30. The molecular weight excluding hydrogens is 228 g/mol. The van der Waals surface area contributed by atoms with Gasteiger partial charge in [-0.3, -0.25) is 0 Å². The SMILES string of the molecule is CC1(C)CCN(CCC2CCCCN2)CCS1. The smallest absolute Gasteiger partial charge is 0.0116 e. The maximum Gasteiger partial charge on any atom is 0.0116 e. The summed E-state index contributed by atoms with van der Waals surface area (Å²) in [5.41, 5.74) is 0. The molecule has 0 amide bonds. The molecule has 0 aromatic rings. The first-order valence-corrected chi connectivity index (χ1v) is 8.24. The first-order valence-electron chi connectivity index (χ1n) is 7.25. The monoisotopic (exact) mass is 256 g/mol. The number of piperidine rings is 1. The average Bonchev–Trinajstić information content (AvgIpc) is 2.49. The van der Waals surface area contributed by atoms with Crippen LogP contribution in [0.5, 0.6) is 0 Å². The van der Waals surface area contributed by atoms with Gasteiger partial charge in [-0.15, -0.1) is 0 Å². The third kappa shape index (κ3) is 4.80. The fourth-order valence-corrected chi connectivity index (χ4v) is 3.93. The molecule has 0 aromatic carbocycles. The van der Waals surface area contributed by atoms with Crippen LogP contribution in [0.4, 0.5) is 0 Å². The Hall–Kier alpha value is 0.270. The molecule has 1 unspecified atom stereocenters. The number of rotatable bonds is 3. The first kappa shape index (κ1) is 13.7. The molecule has 2 fully saturated rings. The van der Waals surface area contributed by atoms with Crippen molar-refractivity contribution in [2.45, 2.75) is 56.7 Å². The topological polar surface area (TPSA) is 15.3 Å². The minimum absolute atomic E-state index is 0.498. The molecule has 17 heavy (non-hydrogen) atoms. The largest absolute Gasteiger partial charge is 0.314 e. The predicted molar refractivity (Wildman–Crippen MR) is 77.9 cm³/mol. The number of hydrogen-bond donors (Lipinski definition) is 1. The molecule has 0 spiro atoms. The highest BCUT2D eigenvalue weighted by atomic mass is 32.2. The van der Waals surface area contributed by atoms with Crippen LogP contribution in [0, 0.1) is 0 Å². The minimum Gasteiger partial charge on any atom is -0.314 e. The maximum absolute atomic E-state index is 3.66. The molecule has 0 aliphatic carbocycles. The van der Waals surface area contributed by atoms with Gasteiger partial charge in [0.2, 0.25) is 0 Å². The van der Waals surface area contributed by atoms with Crippen LogP contribution in [0.2, 0.25) is 0 Å². The van der Waals surface area contributed by atoms with Crippen molar-refractivity contribution in [2.75, 3.05) is 31.9 Å². The van der Waals surface area contributed by atoms with Gasteiger partial charge in [0.25, 0.3) is 0 Å². The van der Waals surface area contributed by atoms with Crippen molar-refractivity contribution in [3.8, 4) is 0 Å². The first-order chi connectivity index (χ1) is 8.16. The van der Waals surface area contributed by atoms with Crippen LogP contribution < -0.4 is 5.32 Å². The molecule has 0 bridgehead atoms. The Morgan fingerprint density at radius 2 is 2.18 bits per heavy atom. The van der Waals surface area contributed by atoms with Gasteiger partial charge in [-0.2, -0.15) is 11.8 Å². The zero-order valence-electron chi connectivity index (χ0n) is 11.5. The molecular formula is C14H28N2S. The number of nitrogens with one attached hydrogen (secondary N) is 1. The Morgan fingerprint density at radius 1 is 1.29 bits per heavy atom. The standard InChI is InChI=1S/C14H28N2S/c1-14(2)7-10-16(11-12-17-14)9-6-13-5-3-4-8-15-13/h13,15H,3-12H2,1-2H3. The van der Waals surface area contributed by atoms with E-state index < -0.39 is 0 Å². The van der Waals surface area contributed by atoms with Crippen LogP contribution in [0.1, 0.15) is 46.0 Å². The molecule has 0 radical (unpaired) electrons. The summed E-state index contributed by atoms with van der Waals surface area (Å²) >= 11 is 2.15. The van der Waals surface area contributed by atoms with Crippen molar-refractivity contribution in [2.24, 2.45) is 0 Å². The Balaban J connectivity index is 1.68. The quantitative estimate of drug-likeness (QED) is 0.836. The second-order valence-corrected chi connectivity index (χ2v) is 7.94. The van der Waals surface area contributed by atoms with Gasteiger partial charge in [0.15, 0.2) is 0 Å². The van der Waals surface area contributed by atoms with Crippen LogP contribution in [0.15, 0.2) is 0 Å². The third-order valence-corrected chi connectivity index (χ3v) is 5.51. The van der Waals surface area contributed by atoms with E-state index in [2.05, 4.69) is 35.8 Å². The third-order valence-electron chi connectivity index (χ3n) is 4.14.